The van der Waals surface area contributed by atoms with Gasteiger partial charge < -0.3 is 16.0 Å². The van der Waals surface area contributed by atoms with Crippen LogP contribution in [0.4, 0.5) is 0 Å². The van der Waals surface area contributed by atoms with E-state index in [0.717, 1.165) is 11.1 Å². The molecule has 0 aliphatic carbocycles. The average molecular weight is 442 g/mol. The zero-order chi connectivity index (χ0) is 22.9. The van der Waals surface area contributed by atoms with E-state index in [2.05, 4.69) is 28.6 Å². The molecule has 7 heteroatoms. The third kappa shape index (κ3) is 7.75. The fourth-order valence-corrected chi connectivity index (χ4v) is 3.91. The van der Waals surface area contributed by atoms with Gasteiger partial charge in [0.15, 0.2) is 4.87 Å². The van der Waals surface area contributed by atoms with Crippen molar-refractivity contribution in [1.82, 2.24) is 16.0 Å². The lowest BCUT2D eigenvalue weighted by Gasteiger charge is -2.32. The van der Waals surface area contributed by atoms with Gasteiger partial charge in [-0.2, -0.15) is 0 Å². The summed E-state index contributed by atoms with van der Waals surface area (Å²) < 4.78 is 0. The lowest BCUT2D eigenvalue weighted by atomic mass is 10.00. The van der Waals surface area contributed by atoms with Crippen LogP contribution in [0.3, 0.4) is 0 Å². The van der Waals surface area contributed by atoms with Crippen molar-refractivity contribution >= 4 is 30.4 Å². The summed E-state index contributed by atoms with van der Waals surface area (Å²) in [6.45, 7) is 3.89. The molecule has 0 aliphatic rings. The summed E-state index contributed by atoms with van der Waals surface area (Å²) in [5.74, 6) is -1.03. The van der Waals surface area contributed by atoms with E-state index in [-0.39, 0.29) is 24.2 Å². The van der Waals surface area contributed by atoms with Gasteiger partial charge in [-0.1, -0.05) is 74.5 Å². The molecule has 0 bridgehead atoms. The molecule has 0 aliphatic heterocycles. The molecule has 0 saturated carbocycles. The molecule has 0 spiro atoms. The van der Waals surface area contributed by atoms with Crippen LogP contribution in [0, 0.1) is 5.92 Å². The highest BCUT2D eigenvalue weighted by atomic mass is 32.1. The number of carbonyl (C=O) groups excluding carboxylic acids is 3. The molecule has 3 amide bonds. The Bertz CT molecular complexity index is 874. The van der Waals surface area contributed by atoms with E-state index in [1.54, 1.807) is 0 Å². The predicted octanol–water partition coefficient (Wildman–Crippen LogP) is 2.49. The van der Waals surface area contributed by atoms with E-state index in [1.165, 1.54) is 7.05 Å². The molecule has 2 rings (SSSR count). The van der Waals surface area contributed by atoms with Crippen LogP contribution in [0.15, 0.2) is 60.7 Å². The third-order valence-corrected chi connectivity index (χ3v) is 5.28. The number of hydrogen-bond acceptors (Lipinski definition) is 4. The number of amides is 3. The maximum absolute atomic E-state index is 13.2. The molecule has 0 heterocycles. The third-order valence-electron chi connectivity index (χ3n) is 4.78. The highest BCUT2D eigenvalue weighted by Gasteiger charge is 2.38. The van der Waals surface area contributed by atoms with Crippen LogP contribution < -0.4 is 16.0 Å². The molecular formula is C24H31N3O3S. The number of likely N-dealkylation sites (N-methyl/N-ethyl adjacent to an activating group) is 1. The van der Waals surface area contributed by atoms with Crippen LogP contribution in [-0.2, 0) is 27.2 Å². The molecule has 0 fully saturated rings. The summed E-state index contributed by atoms with van der Waals surface area (Å²) in [7, 11) is 1.52. The molecule has 0 unspecified atom stereocenters. The second-order valence-electron chi connectivity index (χ2n) is 8.00. The molecule has 166 valence electrons. The van der Waals surface area contributed by atoms with Crippen molar-refractivity contribution in [3.8, 4) is 0 Å². The second-order valence-corrected chi connectivity index (χ2v) is 8.76. The van der Waals surface area contributed by atoms with Crippen LogP contribution >= 0.6 is 12.6 Å². The Kier molecular flexibility index (Phi) is 9.12. The van der Waals surface area contributed by atoms with E-state index < -0.39 is 16.8 Å². The minimum atomic E-state index is -1.44. The first-order valence-corrected chi connectivity index (χ1v) is 10.8. The van der Waals surface area contributed by atoms with Crippen LogP contribution in [0.1, 0.15) is 31.4 Å². The standard InChI is InChI=1S/C24H31N3O3S/c1-17(2)16-24(31,27-21(28)15-19-12-8-5-9-13-19)23(30)26-20(22(29)25-3)14-18-10-6-4-7-11-18/h4-13,17,20,31H,14-16H2,1-3H3,(H,25,29)(H,26,30)(H,27,28)/t20-,24+/m0/s1. The number of nitrogens with one attached hydrogen (secondary N) is 3. The Hall–Kier alpha value is -2.80. The SMILES string of the molecule is CNC(=O)[C@H](Cc1ccccc1)NC(=O)[C@](S)(CC(C)C)NC(=O)Cc1ccccc1. The maximum Gasteiger partial charge on any atom is 0.256 e. The summed E-state index contributed by atoms with van der Waals surface area (Å²) in [5, 5.41) is 8.16. The normalized spacial score (nSPS) is 13.7. The van der Waals surface area contributed by atoms with Crippen molar-refractivity contribution in [3.05, 3.63) is 71.8 Å². The summed E-state index contributed by atoms with van der Waals surface area (Å²) in [6.07, 6.45) is 0.779. The van der Waals surface area contributed by atoms with Crippen molar-refractivity contribution in [2.45, 2.75) is 44.0 Å². The van der Waals surface area contributed by atoms with E-state index in [9.17, 15) is 14.4 Å². The summed E-state index contributed by atoms with van der Waals surface area (Å²) in [6, 6.07) is 17.9. The number of carbonyl (C=O) groups is 3. The molecule has 0 aromatic heterocycles. The lowest BCUT2D eigenvalue weighted by molar-refractivity contribution is -0.133. The maximum atomic E-state index is 13.2. The van der Waals surface area contributed by atoms with Gasteiger partial charge in [0, 0.05) is 13.5 Å². The second kappa shape index (κ2) is 11.6. The van der Waals surface area contributed by atoms with Crippen LogP contribution in [0.2, 0.25) is 0 Å². The molecule has 2 aromatic carbocycles. The Morgan fingerprint density at radius 3 is 2.00 bits per heavy atom. The number of rotatable bonds is 10. The van der Waals surface area contributed by atoms with E-state index in [1.807, 2.05) is 74.5 Å². The average Bonchev–Trinajstić information content (AvgIpc) is 2.73. The van der Waals surface area contributed by atoms with Gasteiger partial charge in [0.1, 0.15) is 6.04 Å². The van der Waals surface area contributed by atoms with Gasteiger partial charge in [-0.25, -0.2) is 0 Å². The van der Waals surface area contributed by atoms with Gasteiger partial charge in [-0.3, -0.25) is 14.4 Å². The zero-order valence-corrected chi connectivity index (χ0v) is 19.1. The van der Waals surface area contributed by atoms with E-state index in [0.29, 0.717) is 12.8 Å². The summed E-state index contributed by atoms with van der Waals surface area (Å²) in [5.41, 5.74) is 1.76. The van der Waals surface area contributed by atoms with Crippen LogP contribution in [0.25, 0.3) is 0 Å². The Morgan fingerprint density at radius 2 is 1.48 bits per heavy atom. The van der Waals surface area contributed by atoms with Crippen LogP contribution in [-0.4, -0.2) is 35.7 Å². The van der Waals surface area contributed by atoms with Crippen molar-refractivity contribution in [3.63, 3.8) is 0 Å². The first-order valence-electron chi connectivity index (χ1n) is 10.4. The zero-order valence-electron chi connectivity index (χ0n) is 18.2. The van der Waals surface area contributed by atoms with Crippen molar-refractivity contribution < 1.29 is 14.4 Å². The number of benzene rings is 2. The lowest BCUT2D eigenvalue weighted by Crippen LogP contribution is -2.60. The number of thiol groups is 1. The van der Waals surface area contributed by atoms with Crippen LogP contribution in [0.5, 0.6) is 0 Å². The molecule has 31 heavy (non-hydrogen) atoms. The molecule has 6 nitrogen and oxygen atoms in total. The smallest absolute Gasteiger partial charge is 0.256 e. The fourth-order valence-electron chi connectivity index (χ4n) is 3.36. The van der Waals surface area contributed by atoms with Gasteiger partial charge in [-0.15, -0.1) is 12.6 Å². The highest BCUT2D eigenvalue weighted by molar-refractivity contribution is 7.82. The molecule has 0 radical (unpaired) electrons. The van der Waals surface area contributed by atoms with E-state index >= 15 is 0 Å². The predicted molar refractivity (Wildman–Crippen MR) is 126 cm³/mol. The van der Waals surface area contributed by atoms with Gasteiger partial charge >= 0.3 is 0 Å². The van der Waals surface area contributed by atoms with Crippen molar-refractivity contribution in [2.24, 2.45) is 5.92 Å². The Labute approximate surface area is 189 Å². The minimum absolute atomic E-state index is 0.0906. The summed E-state index contributed by atoms with van der Waals surface area (Å²) in [4.78, 5) is 36.9. The first-order chi connectivity index (χ1) is 14.7. The van der Waals surface area contributed by atoms with Gasteiger partial charge in [0.25, 0.3) is 5.91 Å². The number of hydrogen-bond donors (Lipinski definition) is 4. The van der Waals surface area contributed by atoms with Gasteiger partial charge in [0.05, 0.1) is 6.42 Å². The molecule has 2 aromatic rings. The Morgan fingerprint density at radius 1 is 0.935 bits per heavy atom. The molecule has 3 N–H and O–H groups in total. The first kappa shape index (κ1) is 24.5. The monoisotopic (exact) mass is 441 g/mol. The molecule has 0 saturated heterocycles. The topological polar surface area (TPSA) is 87.3 Å². The van der Waals surface area contributed by atoms with Gasteiger partial charge in [-0.05, 0) is 23.5 Å². The Balaban J connectivity index is 2.16. The van der Waals surface area contributed by atoms with E-state index in [4.69, 9.17) is 0 Å². The van der Waals surface area contributed by atoms with Crippen molar-refractivity contribution in [2.75, 3.05) is 7.05 Å². The largest absolute Gasteiger partial charge is 0.357 e. The quantitative estimate of drug-likeness (QED) is 0.337. The van der Waals surface area contributed by atoms with Crippen molar-refractivity contribution in [1.29, 1.82) is 0 Å². The summed E-state index contributed by atoms with van der Waals surface area (Å²) >= 11 is 4.58. The minimum Gasteiger partial charge on any atom is -0.357 e. The molecule has 2 atom stereocenters. The fraction of sp³-hybridized carbons (Fsp3) is 0.375. The highest BCUT2D eigenvalue weighted by Crippen LogP contribution is 2.23. The molecular weight excluding hydrogens is 410 g/mol. The van der Waals surface area contributed by atoms with Gasteiger partial charge in [0.2, 0.25) is 11.8 Å².